The predicted molar refractivity (Wildman–Crippen MR) is 269 cm³/mol. The molecule has 304 valence electrons. The fourth-order valence-corrected chi connectivity index (χ4v) is 16.8. The third-order valence-electron chi connectivity index (χ3n) is 14.1. The van der Waals surface area contributed by atoms with E-state index in [0.29, 0.717) is 17.8 Å². The lowest BCUT2D eigenvalue weighted by Gasteiger charge is -2.42. The Morgan fingerprint density at radius 2 is 0.770 bits per heavy atom. The van der Waals surface area contributed by atoms with Gasteiger partial charge in [0.05, 0.1) is 0 Å². The van der Waals surface area contributed by atoms with Gasteiger partial charge in [-0.05, 0) is 127 Å². The number of ether oxygens (including phenoxy) is 1. The van der Waals surface area contributed by atoms with Crippen LogP contribution in [0, 0.1) is 0 Å². The number of hydrogen-bond acceptors (Lipinski definition) is 3. The lowest BCUT2D eigenvalue weighted by molar-refractivity contribution is 0.487. The maximum Gasteiger partial charge on any atom is 0.251 e. The highest BCUT2D eigenvalue weighted by atomic mass is 28.3. The zero-order chi connectivity index (χ0) is 42.5. The highest BCUT2D eigenvalue weighted by Gasteiger charge is 2.42. The van der Waals surface area contributed by atoms with Gasteiger partial charge in [0, 0.05) is 34.1 Å². The molecule has 0 atom stereocenters. The largest absolute Gasteiger partial charge is 0.458 e. The van der Waals surface area contributed by atoms with E-state index in [0.717, 1.165) is 11.5 Å². The van der Waals surface area contributed by atoms with Crippen LogP contribution in [-0.4, -0.2) is 22.9 Å². The molecule has 10 rings (SSSR count). The standard InChI is InChI=1S/C55H57BN2OSi2/c1-35(2)38-31-41(36(3)4)55(42(32-38)37(5)6)56-43-33-39(57-45-19-11-15-23-51(45)60(7,8)52-24-16-12-20-46(52)57)27-29-49(43)59-50-30-28-40(34-44(50)56)58-47-21-13-17-25-53(47)61(9,10)54-26-18-14-22-48(54)58/h11-37H,1-10H3. The van der Waals surface area contributed by atoms with Gasteiger partial charge in [0.15, 0.2) is 0 Å². The van der Waals surface area contributed by atoms with Gasteiger partial charge in [-0.3, -0.25) is 0 Å². The van der Waals surface area contributed by atoms with Gasteiger partial charge < -0.3 is 14.5 Å². The monoisotopic (exact) mass is 828 g/mol. The summed E-state index contributed by atoms with van der Waals surface area (Å²) < 4.78 is 7.10. The maximum atomic E-state index is 7.10. The molecule has 7 aromatic carbocycles. The van der Waals surface area contributed by atoms with Crippen LogP contribution in [0.1, 0.15) is 76.0 Å². The predicted octanol–water partition coefficient (Wildman–Crippen LogP) is 10.9. The second kappa shape index (κ2) is 14.5. The quantitative estimate of drug-likeness (QED) is 0.155. The van der Waals surface area contributed by atoms with E-state index in [9.17, 15) is 0 Å². The van der Waals surface area contributed by atoms with Crippen molar-refractivity contribution in [3.05, 3.63) is 162 Å². The lowest BCUT2D eigenvalue weighted by Crippen LogP contribution is -2.59. The lowest BCUT2D eigenvalue weighted by atomic mass is 9.33. The van der Waals surface area contributed by atoms with Crippen molar-refractivity contribution in [1.82, 2.24) is 0 Å². The molecule has 61 heavy (non-hydrogen) atoms. The van der Waals surface area contributed by atoms with Crippen LogP contribution in [0.15, 0.2) is 146 Å². The molecule has 0 bridgehead atoms. The first kappa shape index (κ1) is 39.6. The summed E-state index contributed by atoms with van der Waals surface area (Å²) in [6.07, 6.45) is 0. The fraction of sp³-hybridized carbons (Fsp3) is 0.236. The number of hydrogen-bond donors (Lipinski definition) is 0. The van der Waals surface area contributed by atoms with Crippen LogP contribution in [0.5, 0.6) is 11.5 Å². The smallest absolute Gasteiger partial charge is 0.251 e. The molecule has 0 unspecified atom stereocenters. The summed E-state index contributed by atoms with van der Waals surface area (Å²) >= 11 is 0. The summed E-state index contributed by atoms with van der Waals surface area (Å²) in [4.78, 5) is 5.04. The topological polar surface area (TPSA) is 15.7 Å². The van der Waals surface area contributed by atoms with E-state index >= 15 is 0 Å². The van der Waals surface area contributed by atoms with Gasteiger partial charge in [-0.25, -0.2) is 0 Å². The Labute approximate surface area is 366 Å². The number of para-hydroxylation sites is 4. The van der Waals surface area contributed by atoms with Crippen LogP contribution in [0.25, 0.3) is 0 Å². The molecule has 3 heterocycles. The van der Waals surface area contributed by atoms with Crippen LogP contribution >= 0.6 is 0 Å². The van der Waals surface area contributed by atoms with Crippen molar-refractivity contribution >= 4 is 94.1 Å². The molecule has 7 aromatic rings. The third-order valence-corrected chi connectivity index (χ3v) is 21.2. The van der Waals surface area contributed by atoms with Crippen LogP contribution < -0.4 is 51.7 Å². The summed E-state index contributed by atoms with van der Waals surface area (Å²) in [5.74, 6) is 2.94. The Morgan fingerprint density at radius 1 is 0.426 bits per heavy atom. The molecular formula is C55H57BN2OSi2. The van der Waals surface area contributed by atoms with Gasteiger partial charge in [0.2, 0.25) is 0 Å². The molecule has 6 heteroatoms. The molecular weight excluding hydrogens is 772 g/mol. The van der Waals surface area contributed by atoms with Crippen molar-refractivity contribution in [3.63, 3.8) is 0 Å². The minimum atomic E-state index is -1.95. The first-order chi connectivity index (χ1) is 29.3. The molecule has 3 nitrogen and oxygen atoms in total. The van der Waals surface area contributed by atoms with Crippen molar-refractivity contribution in [2.75, 3.05) is 9.80 Å². The van der Waals surface area contributed by atoms with E-state index in [1.807, 2.05) is 0 Å². The summed E-state index contributed by atoms with van der Waals surface area (Å²) in [6, 6.07) is 55.5. The number of rotatable bonds is 6. The average molecular weight is 829 g/mol. The van der Waals surface area contributed by atoms with E-state index in [4.69, 9.17) is 4.74 Å². The second-order valence-corrected chi connectivity index (χ2v) is 28.2. The van der Waals surface area contributed by atoms with Crippen molar-refractivity contribution in [3.8, 4) is 11.5 Å². The van der Waals surface area contributed by atoms with Crippen LogP contribution in [0.2, 0.25) is 26.2 Å². The van der Waals surface area contributed by atoms with Crippen LogP contribution in [0.4, 0.5) is 34.1 Å². The van der Waals surface area contributed by atoms with E-state index in [2.05, 4.69) is 223 Å². The number of fused-ring (bicyclic) bond motifs is 6. The highest BCUT2D eigenvalue weighted by molar-refractivity contribution is 7.03. The van der Waals surface area contributed by atoms with Crippen molar-refractivity contribution in [2.45, 2.75) is 85.5 Å². The van der Waals surface area contributed by atoms with Gasteiger partial charge in [-0.2, -0.15) is 0 Å². The van der Waals surface area contributed by atoms with Crippen molar-refractivity contribution < 1.29 is 4.74 Å². The summed E-state index contributed by atoms with van der Waals surface area (Å²) in [6.45, 7) is 24.1. The summed E-state index contributed by atoms with van der Waals surface area (Å²) in [5, 5.41) is 5.87. The zero-order valence-electron chi connectivity index (χ0n) is 37.5. The van der Waals surface area contributed by atoms with Gasteiger partial charge in [-0.15, -0.1) is 0 Å². The van der Waals surface area contributed by atoms with Gasteiger partial charge in [0.25, 0.3) is 6.71 Å². The first-order valence-corrected chi connectivity index (χ1v) is 28.4. The minimum Gasteiger partial charge on any atom is -0.458 e. The fourth-order valence-electron chi connectivity index (χ4n) is 10.8. The Morgan fingerprint density at radius 3 is 1.10 bits per heavy atom. The Kier molecular flexibility index (Phi) is 9.42. The van der Waals surface area contributed by atoms with E-state index in [1.165, 1.54) is 87.9 Å². The van der Waals surface area contributed by atoms with Crippen molar-refractivity contribution in [2.24, 2.45) is 0 Å². The van der Waals surface area contributed by atoms with Crippen LogP contribution in [-0.2, 0) is 0 Å². The Hall–Kier alpha value is -5.56. The molecule has 0 aromatic heterocycles. The zero-order valence-corrected chi connectivity index (χ0v) is 39.5. The van der Waals surface area contributed by atoms with Gasteiger partial charge in [-0.1, -0.05) is 158 Å². The van der Waals surface area contributed by atoms with E-state index < -0.39 is 16.1 Å². The molecule has 3 aliphatic heterocycles. The summed E-state index contributed by atoms with van der Waals surface area (Å²) in [5.41, 5.74) is 15.6. The van der Waals surface area contributed by atoms with Gasteiger partial charge >= 0.3 is 0 Å². The SMILES string of the molecule is CC(C)c1cc(C(C)C)c(B2c3cc(N4c5ccccc5[Si](C)(C)c5ccccc54)ccc3Oc3ccc(N4c5ccccc5[Si](C)(C)c5ccccc54)cc32)c(C(C)C)c1. The number of anilines is 6. The molecule has 0 fully saturated rings. The highest BCUT2D eigenvalue weighted by Crippen LogP contribution is 2.42. The molecule has 0 spiro atoms. The van der Waals surface area contributed by atoms with E-state index in [-0.39, 0.29) is 6.71 Å². The number of benzene rings is 7. The van der Waals surface area contributed by atoms with Gasteiger partial charge in [0.1, 0.15) is 27.6 Å². The Balaban J connectivity index is 1.25. The normalized spacial score (nSPS) is 15.5. The molecule has 3 aliphatic rings. The molecule has 0 N–H and O–H groups in total. The Bertz CT molecular complexity index is 2590. The van der Waals surface area contributed by atoms with E-state index in [1.54, 1.807) is 0 Å². The van der Waals surface area contributed by atoms with Crippen LogP contribution in [0.3, 0.4) is 0 Å². The molecule has 0 saturated heterocycles. The maximum absolute atomic E-state index is 7.10. The molecule has 0 aliphatic carbocycles. The molecule has 0 amide bonds. The second-order valence-electron chi connectivity index (χ2n) is 19.5. The first-order valence-electron chi connectivity index (χ1n) is 22.4. The average Bonchev–Trinajstić information content (AvgIpc) is 3.25. The number of nitrogens with zero attached hydrogens (tertiary/aromatic N) is 2. The minimum absolute atomic E-state index is 0.0585. The third kappa shape index (κ3) is 6.12. The molecule has 0 saturated carbocycles. The van der Waals surface area contributed by atoms with Crippen molar-refractivity contribution in [1.29, 1.82) is 0 Å². The molecule has 0 radical (unpaired) electrons. The summed E-state index contributed by atoms with van der Waals surface area (Å²) in [7, 11) is -3.91.